The number of rotatable bonds is 8. The van der Waals surface area contributed by atoms with Crippen molar-refractivity contribution in [3.63, 3.8) is 0 Å². The van der Waals surface area contributed by atoms with Crippen LogP contribution in [-0.2, 0) is 0 Å². The fourth-order valence-electron chi connectivity index (χ4n) is 3.62. The van der Waals surface area contributed by atoms with E-state index < -0.39 is 0 Å². The Morgan fingerprint density at radius 2 is 1.61 bits per heavy atom. The molecule has 2 heteroatoms. The lowest BCUT2D eigenvalue weighted by atomic mass is 9.64. The molecule has 0 aromatic carbocycles. The predicted molar refractivity (Wildman–Crippen MR) is 76.7 cm³/mol. The third-order valence-corrected chi connectivity index (χ3v) is 5.54. The van der Waals surface area contributed by atoms with Crippen LogP contribution < -0.4 is 5.32 Å². The van der Waals surface area contributed by atoms with Gasteiger partial charge < -0.3 is 10.2 Å². The molecule has 1 N–H and O–H groups in total. The van der Waals surface area contributed by atoms with E-state index in [-0.39, 0.29) is 0 Å². The van der Waals surface area contributed by atoms with E-state index in [2.05, 4.69) is 17.3 Å². The van der Waals surface area contributed by atoms with E-state index in [0.29, 0.717) is 0 Å². The third-order valence-electron chi connectivity index (χ3n) is 5.54. The highest BCUT2D eigenvalue weighted by Gasteiger charge is 2.36. The van der Waals surface area contributed by atoms with Gasteiger partial charge in [0.1, 0.15) is 0 Å². The first-order valence-electron chi connectivity index (χ1n) is 8.25. The maximum Gasteiger partial charge on any atom is 0.0104 e. The smallest absolute Gasteiger partial charge is 0.0104 e. The maximum atomic E-state index is 3.63. The van der Waals surface area contributed by atoms with Crippen LogP contribution in [0.3, 0.4) is 0 Å². The average molecular weight is 250 g/mol. The third kappa shape index (κ3) is 3.27. The summed E-state index contributed by atoms with van der Waals surface area (Å²) in [4.78, 5) is 2.59. The van der Waals surface area contributed by atoms with E-state index in [1.165, 1.54) is 71.0 Å². The molecule has 0 aromatic rings. The zero-order chi connectivity index (χ0) is 12.4. The summed E-state index contributed by atoms with van der Waals surface area (Å²) >= 11 is 0. The van der Waals surface area contributed by atoms with Crippen molar-refractivity contribution in [3.8, 4) is 0 Å². The van der Waals surface area contributed by atoms with Gasteiger partial charge in [-0.15, -0.1) is 0 Å². The Morgan fingerprint density at radius 1 is 1.00 bits per heavy atom. The molecule has 2 nitrogen and oxygen atoms in total. The molecule has 3 rings (SSSR count). The standard InChI is InChI=1S/C16H30N2/c1-18(11-10-17-15-8-9-15)12-16(13-4-2-5-13)14-6-3-7-14/h13-17H,2-12H2,1H3. The minimum atomic E-state index is 0.868. The zero-order valence-electron chi connectivity index (χ0n) is 12.0. The number of likely N-dealkylation sites (N-methyl/N-ethyl adjacent to an activating group) is 1. The van der Waals surface area contributed by atoms with Crippen LogP contribution in [0.25, 0.3) is 0 Å². The fraction of sp³-hybridized carbons (Fsp3) is 1.00. The first-order valence-corrected chi connectivity index (χ1v) is 8.25. The molecule has 0 aromatic heterocycles. The summed E-state index contributed by atoms with van der Waals surface area (Å²) in [5, 5.41) is 3.63. The topological polar surface area (TPSA) is 15.3 Å². The molecule has 3 aliphatic rings. The van der Waals surface area contributed by atoms with E-state index >= 15 is 0 Å². The van der Waals surface area contributed by atoms with Gasteiger partial charge in [0, 0.05) is 25.7 Å². The Kier molecular flexibility index (Phi) is 4.25. The van der Waals surface area contributed by atoms with Gasteiger partial charge in [0.25, 0.3) is 0 Å². The van der Waals surface area contributed by atoms with Crippen molar-refractivity contribution in [1.82, 2.24) is 10.2 Å². The van der Waals surface area contributed by atoms with Crippen molar-refractivity contribution in [2.24, 2.45) is 17.8 Å². The quantitative estimate of drug-likeness (QED) is 0.712. The summed E-state index contributed by atoms with van der Waals surface area (Å²) in [6.45, 7) is 3.80. The Hall–Kier alpha value is -0.0800. The molecule has 0 saturated heterocycles. The summed E-state index contributed by atoms with van der Waals surface area (Å²) in [5.41, 5.74) is 0. The van der Waals surface area contributed by atoms with Crippen LogP contribution in [0.5, 0.6) is 0 Å². The second-order valence-corrected chi connectivity index (χ2v) is 7.04. The molecule has 3 aliphatic carbocycles. The van der Waals surface area contributed by atoms with Crippen LogP contribution in [0.15, 0.2) is 0 Å². The molecule has 3 saturated carbocycles. The molecule has 0 radical (unpaired) electrons. The molecular formula is C16H30N2. The van der Waals surface area contributed by atoms with Gasteiger partial charge in [0.05, 0.1) is 0 Å². The molecule has 0 atom stereocenters. The van der Waals surface area contributed by atoms with Gasteiger partial charge in [-0.3, -0.25) is 0 Å². The lowest BCUT2D eigenvalue weighted by molar-refractivity contribution is 0.0641. The minimum Gasteiger partial charge on any atom is -0.313 e. The monoisotopic (exact) mass is 250 g/mol. The van der Waals surface area contributed by atoms with Crippen LogP contribution in [0.4, 0.5) is 0 Å². The van der Waals surface area contributed by atoms with E-state index in [0.717, 1.165) is 23.8 Å². The molecule has 0 bridgehead atoms. The fourth-order valence-corrected chi connectivity index (χ4v) is 3.62. The maximum absolute atomic E-state index is 3.63. The molecule has 3 fully saturated rings. The van der Waals surface area contributed by atoms with Crippen molar-refractivity contribution < 1.29 is 0 Å². The van der Waals surface area contributed by atoms with Crippen molar-refractivity contribution >= 4 is 0 Å². The number of nitrogens with zero attached hydrogens (tertiary/aromatic N) is 1. The normalized spacial score (nSPS) is 25.5. The molecule has 0 aliphatic heterocycles. The first kappa shape index (κ1) is 12.9. The summed E-state index contributed by atoms with van der Waals surface area (Å²) in [5.74, 6) is 3.18. The second-order valence-electron chi connectivity index (χ2n) is 7.04. The van der Waals surface area contributed by atoms with Crippen LogP contribution in [0, 0.1) is 17.8 Å². The van der Waals surface area contributed by atoms with Crippen LogP contribution in [0.2, 0.25) is 0 Å². The summed E-state index contributed by atoms with van der Waals surface area (Å²) < 4.78 is 0. The number of nitrogens with one attached hydrogen (secondary N) is 1. The van der Waals surface area contributed by atoms with Crippen molar-refractivity contribution in [2.75, 3.05) is 26.7 Å². The molecule has 18 heavy (non-hydrogen) atoms. The van der Waals surface area contributed by atoms with Gasteiger partial charge in [0.15, 0.2) is 0 Å². The molecular weight excluding hydrogens is 220 g/mol. The van der Waals surface area contributed by atoms with Gasteiger partial charge in [-0.1, -0.05) is 38.5 Å². The van der Waals surface area contributed by atoms with Crippen molar-refractivity contribution in [2.45, 2.75) is 57.4 Å². The molecule has 0 heterocycles. The highest BCUT2D eigenvalue weighted by molar-refractivity contribution is 4.88. The van der Waals surface area contributed by atoms with Crippen molar-refractivity contribution in [3.05, 3.63) is 0 Å². The van der Waals surface area contributed by atoms with E-state index in [1.54, 1.807) is 0 Å². The predicted octanol–water partition coefficient (Wildman–Crippen LogP) is 2.89. The lowest BCUT2D eigenvalue weighted by Crippen LogP contribution is -2.41. The Morgan fingerprint density at radius 3 is 2.06 bits per heavy atom. The van der Waals surface area contributed by atoms with Crippen LogP contribution in [0.1, 0.15) is 51.4 Å². The van der Waals surface area contributed by atoms with Gasteiger partial charge >= 0.3 is 0 Å². The van der Waals surface area contributed by atoms with E-state index in [4.69, 9.17) is 0 Å². The molecule has 104 valence electrons. The second kappa shape index (κ2) is 5.92. The number of hydrogen-bond donors (Lipinski definition) is 1. The molecule has 0 unspecified atom stereocenters. The van der Waals surface area contributed by atoms with E-state index in [9.17, 15) is 0 Å². The Balaban J connectivity index is 1.38. The van der Waals surface area contributed by atoms with Crippen LogP contribution in [-0.4, -0.2) is 37.6 Å². The molecule has 0 spiro atoms. The van der Waals surface area contributed by atoms with Crippen LogP contribution >= 0.6 is 0 Å². The van der Waals surface area contributed by atoms with Crippen molar-refractivity contribution in [1.29, 1.82) is 0 Å². The van der Waals surface area contributed by atoms with Gasteiger partial charge in [-0.25, -0.2) is 0 Å². The number of hydrogen-bond acceptors (Lipinski definition) is 2. The highest BCUT2D eigenvalue weighted by atomic mass is 15.1. The summed E-state index contributed by atoms with van der Waals surface area (Å²) in [6, 6.07) is 0.868. The minimum absolute atomic E-state index is 0.868. The largest absolute Gasteiger partial charge is 0.313 e. The Labute approximate surface area is 113 Å². The van der Waals surface area contributed by atoms with Gasteiger partial charge in [0.2, 0.25) is 0 Å². The SMILES string of the molecule is CN(CCNC1CC1)CC(C1CCC1)C1CCC1. The first-order chi connectivity index (χ1) is 8.83. The van der Waals surface area contributed by atoms with Gasteiger partial charge in [-0.2, -0.15) is 0 Å². The average Bonchev–Trinajstić information content (AvgIpc) is 2.95. The van der Waals surface area contributed by atoms with Gasteiger partial charge in [-0.05, 0) is 37.6 Å². The highest BCUT2D eigenvalue weighted by Crippen LogP contribution is 2.44. The molecule has 0 amide bonds. The summed E-state index contributed by atoms with van der Waals surface area (Å²) in [6.07, 6.45) is 11.9. The summed E-state index contributed by atoms with van der Waals surface area (Å²) in [7, 11) is 2.33. The van der Waals surface area contributed by atoms with E-state index in [1.807, 2.05) is 0 Å². The Bertz CT molecular complexity index is 240. The zero-order valence-corrected chi connectivity index (χ0v) is 12.0. The lowest BCUT2D eigenvalue weighted by Gasteiger charge is -2.44.